The quantitative estimate of drug-likeness (QED) is 0.398. The predicted molar refractivity (Wildman–Crippen MR) is 35.8 cm³/mol. The van der Waals surface area contributed by atoms with Crippen LogP contribution in [-0.2, 0) is 4.74 Å². The average molecular weight is 165 g/mol. The lowest BCUT2D eigenvalue weighted by Crippen LogP contribution is -2.09. The molecule has 0 fully saturated rings. The van der Waals surface area contributed by atoms with Gasteiger partial charge < -0.3 is 21.9 Å². The Morgan fingerprint density at radius 1 is 1.18 bits per heavy atom. The minimum atomic E-state index is -2.93. The van der Waals surface area contributed by atoms with Crippen molar-refractivity contribution in [1.29, 1.82) is 0 Å². The smallest absolute Gasteiger partial charge is 0.388 e. The van der Waals surface area contributed by atoms with Gasteiger partial charge >= 0.3 is 6.61 Å². The number of allylic oxidation sites excluding steroid dienone is 2. The summed E-state index contributed by atoms with van der Waals surface area (Å²) >= 11 is 0. The second-order valence-corrected chi connectivity index (χ2v) is 1.61. The molecular formula is C5H9F2N3O. The molecule has 0 saturated carbocycles. The molecule has 0 amide bonds. The van der Waals surface area contributed by atoms with E-state index in [4.69, 9.17) is 17.2 Å². The summed E-state index contributed by atoms with van der Waals surface area (Å²) < 4.78 is 26.5. The second kappa shape index (κ2) is 4.37. The Hall–Kier alpha value is -1.46. The lowest BCUT2D eigenvalue weighted by atomic mass is 10.5. The number of nitrogens with two attached hydrogens (primary N) is 3. The van der Waals surface area contributed by atoms with E-state index in [9.17, 15) is 8.78 Å². The Kier molecular flexibility index (Phi) is 3.79. The van der Waals surface area contributed by atoms with Gasteiger partial charge in [0.05, 0.1) is 5.82 Å². The van der Waals surface area contributed by atoms with E-state index in [1.165, 1.54) is 0 Å². The molecule has 6 heteroatoms. The Morgan fingerprint density at radius 3 is 2.09 bits per heavy atom. The fourth-order valence-corrected chi connectivity index (χ4v) is 0.321. The van der Waals surface area contributed by atoms with Crippen LogP contribution in [0.3, 0.4) is 0 Å². The molecule has 0 bridgehead atoms. The van der Waals surface area contributed by atoms with Crippen molar-refractivity contribution in [3.8, 4) is 0 Å². The highest BCUT2D eigenvalue weighted by atomic mass is 19.3. The highest BCUT2D eigenvalue weighted by Gasteiger charge is 2.01. The monoisotopic (exact) mass is 165 g/mol. The van der Waals surface area contributed by atoms with E-state index in [-0.39, 0.29) is 5.82 Å². The molecular weight excluding hydrogens is 156 g/mol. The van der Waals surface area contributed by atoms with Crippen molar-refractivity contribution >= 4 is 0 Å². The van der Waals surface area contributed by atoms with E-state index in [2.05, 4.69) is 4.74 Å². The molecule has 0 heterocycles. The van der Waals surface area contributed by atoms with E-state index < -0.39 is 12.5 Å². The molecule has 11 heavy (non-hydrogen) atoms. The third kappa shape index (κ3) is 6.42. The largest absolute Gasteiger partial charge is 0.420 e. The summed E-state index contributed by atoms with van der Waals surface area (Å²) in [6, 6.07) is 0. The minimum Gasteiger partial charge on any atom is -0.420 e. The molecule has 0 rings (SSSR count). The molecule has 0 aromatic heterocycles. The van der Waals surface area contributed by atoms with E-state index in [1.54, 1.807) is 0 Å². The van der Waals surface area contributed by atoms with E-state index in [0.717, 1.165) is 12.2 Å². The van der Waals surface area contributed by atoms with Crippen molar-refractivity contribution in [1.82, 2.24) is 0 Å². The second-order valence-electron chi connectivity index (χ2n) is 1.61. The lowest BCUT2D eigenvalue weighted by molar-refractivity contribution is -0.0968. The molecule has 0 aromatic rings. The molecule has 4 nitrogen and oxygen atoms in total. The number of rotatable bonds is 3. The van der Waals surface area contributed by atoms with Crippen molar-refractivity contribution in [3.05, 3.63) is 23.9 Å². The zero-order valence-electron chi connectivity index (χ0n) is 5.63. The molecule has 6 N–H and O–H groups in total. The summed E-state index contributed by atoms with van der Waals surface area (Å²) in [6.45, 7) is -2.93. The maximum Gasteiger partial charge on any atom is 0.388 e. The maximum atomic E-state index is 11.4. The van der Waals surface area contributed by atoms with Crippen molar-refractivity contribution in [3.63, 3.8) is 0 Å². The van der Waals surface area contributed by atoms with Gasteiger partial charge in [-0.3, -0.25) is 0 Å². The van der Waals surface area contributed by atoms with Gasteiger partial charge in [-0.1, -0.05) is 0 Å². The molecule has 0 atom stereocenters. The van der Waals surface area contributed by atoms with Gasteiger partial charge in [-0.25, -0.2) is 0 Å². The Balaban J connectivity index is 3.91. The summed E-state index contributed by atoms with van der Waals surface area (Å²) in [5.41, 5.74) is 14.9. The fraction of sp³-hybridized carbons (Fsp3) is 0.200. The van der Waals surface area contributed by atoms with Crippen LogP contribution in [0, 0.1) is 0 Å². The molecule has 0 aliphatic rings. The summed E-state index contributed by atoms with van der Waals surface area (Å²) in [5.74, 6) is -0.473. The normalized spacial score (nSPS) is 11.4. The SMILES string of the molecule is NC(N)=C/C=C(\N)OC(F)F. The van der Waals surface area contributed by atoms with Crippen LogP contribution in [0.5, 0.6) is 0 Å². The van der Waals surface area contributed by atoms with Gasteiger partial charge in [0.15, 0.2) is 5.88 Å². The number of hydrogen-bond donors (Lipinski definition) is 3. The first-order valence-electron chi connectivity index (χ1n) is 2.65. The molecule has 0 spiro atoms. The van der Waals surface area contributed by atoms with Gasteiger partial charge in [0.25, 0.3) is 0 Å². The van der Waals surface area contributed by atoms with Crippen LogP contribution in [-0.4, -0.2) is 6.61 Å². The zero-order valence-corrected chi connectivity index (χ0v) is 5.63. The number of hydrogen-bond acceptors (Lipinski definition) is 4. The van der Waals surface area contributed by atoms with Gasteiger partial charge in [-0.05, 0) is 6.08 Å². The Labute approximate surface area is 62.3 Å². The fourth-order valence-electron chi connectivity index (χ4n) is 0.321. The minimum absolute atomic E-state index is 0.0363. The number of alkyl halides is 2. The van der Waals surface area contributed by atoms with Crippen LogP contribution in [0.2, 0.25) is 0 Å². The topological polar surface area (TPSA) is 87.3 Å². The number of ether oxygens (including phenoxy) is 1. The van der Waals surface area contributed by atoms with Crippen LogP contribution in [0.15, 0.2) is 23.9 Å². The van der Waals surface area contributed by atoms with Crippen LogP contribution in [0.4, 0.5) is 8.78 Å². The third-order valence-corrected chi connectivity index (χ3v) is 0.665. The summed E-state index contributed by atoms with van der Waals surface area (Å²) in [7, 11) is 0. The van der Waals surface area contributed by atoms with E-state index in [0.29, 0.717) is 0 Å². The number of halogens is 2. The van der Waals surface area contributed by atoms with Crippen molar-refractivity contribution in [2.24, 2.45) is 17.2 Å². The first kappa shape index (κ1) is 9.54. The first-order valence-corrected chi connectivity index (χ1v) is 2.65. The van der Waals surface area contributed by atoms with Crippen molar-refractivity contribution in [2.45, 2.75) is 6.61 Å². The molecule has 0 saturated heterocycles. The summed E-state index contributed by atoms with van der Waals surface area (Å²) in [5, 5.41) is 0. The van der Waals surface area contributed by atoms with Crippen LogP contribution in [0.25, 0.3) is 0 Å². The van der Waals surface area contributed by atoms with Gasteiger partial charge in [0, 0.05) is 6.08 Å². The molecule has 0 aliphatic heterocycles. The maximum absolute atomic E-state index is 11.4. The standard InChI is InChI=1S/C5H9F2N3O/c6-5(7)11-4(10)2-1-3(8)9/h1-2,5H,8-10H2/b4-2+. The van der Waals surface area contributed by atoms with Gasteiger partial charge in [0.1, 0.15) is 0 Å². The van der Waals surface area contributed by atoms with Crippen molar-refractivity contribution < 1.29 is 13.5 Å². The van der Waals surface area contributed by atoms with Crippen molar-refractivity contribution in [2.75, 3.05) is 0 Å². The van der Waals surface area contributed by atoms with Crippen LogP contribution >= 0.6 is 0 Å². The van der Waals surface area contributed by atoms with Gasteiger partial charge in [-0.2, -0.15) is 8.78 Å². The van der Waals surface area contributed by atoms with E-state index in [1.807, 2.05) is 0 Å². The van der Waals surface area contributed by atoms with Crippen LogP contribution < -0.4 is 17.2 Å². The first-order chi connectivity index (χ1) is 5.02. The lowest BCUT2D eigenvalue weighted by Gasteiger charge is -2.01. The molecule has 0 aliphatic carbocycles. The summed E-state index contributed by atoms with van der Waals surface area (Å²) in [4.78, 5) is 0. The Bertz CT molecular complexity index is 175. The highest BCUT2D eigenvalue weighted by molar-refractivity contribution is 5.08. The van der Waals surface area contributed by atoms with E-state index >= 15 is 0 Å². The Morgan fingerprint density at radius 2 is 1.73 bits per heavy atom. The molecule has 0 radical (unpaired) electrons. The molecule has 64 valence electrons. The van der Waals surface area contributed by atoms with Gasteiger partial charge in [-0.15, -0.1) is 0 Å². The summed E-state index contributed by atoms with van der Waals surface area (Å²) in [6.07, 6.45) is 2.19. The molecule has 0 unspecified atom stereocenters. The average Bonchev–Trinajstić information content (AvgIpc) is 1.82. The predicted octanol–water partition coefficient (Wildman–Crippen LogP) is -0.215. The van der Waals surface area contributed by atoms with Crippen LogP contribution in [0.1, 0.15) is 0 Å². The van der Waals surface area contributed by atoms with Gasteiger partial charge in [0.2, 0.25) is 0 Å². The third-order valence-electron chi connectivity index (χ3n) is 0.665. The highest BCUT2D eigenvalue weighted by Crippen LogP contribution is 1.99. The zero-order chi connectivity index (χ0) is 8.85. The molecule has 0 aromatic carbocycles.